The number of rotatable bonds is 4. The highest BCUT2D eigenvalue weighted by molar-refractivity contribution is 5.86. The fraction of sp³-hybridized carbons (Fsp3) is 0.0952. The van der Waals surface area contributed by atoms with Gasteiger partial charge in [0.05, 0.1) is 10.6 Å². The molecule has 0 spiro atoms. The Morgan fingerprint density at radius 3 is 2.64 bits per heavy atom. The van der Waals surface area contributed by atoms with E-state index in [2.05, 4.69) is 5.16 Å². The number of aryl methyl sites for hydroxylation is 2. The van der Waals surface area contributed by atoms with Crippen molar-refractivity contribution >= 4 is 16.7 Å². The Bertz CT molecular complexity index is 1220. The molecule has 3 aromatic carbocycles. The van der Waals surface area contributed by atoms with Gasteiger partial charge in [0.2, 0.25) is 0 Å². The summed E-state index contributed by atoms with van der Waals surface area (Å²) in [5, 5.41) is 16.0. The molecule has 0 atom stereocenters. The second-order valence-corrected chi connectivity index (χ2v) is 6.45. The molecule has 0 radical (unpaired) electrons. The molecule has 0 bridgehead atoms. The third-order valence-electron chi connectivity index (χ3n) is 4.44. The number of non-ortho nitro benzene ring substituents is 1. The third-order valence-corrected chi connectivity index (χ3v) is 4.44. The monoisotopic (exact) mass is 378 g/mol. The molecule has 0 N–H and O–H groups in total. The van der Waals surface area contributed by atoms with Gasteiger partial charge in [-0.2, -0.15) is 0 Å². The van der Waals surface area contributed by atoms with E-state index in [4.69, 9.17) is 9.26 Å². The lowest BCUT2D eigenvalue weighted by Gasteiger charge is -2.13. The molecule has 140 valence electrons. The lowest BCUT2D eigenvalue weighted by atomic mass is 10.0. The number of nitro groups is 1. The molecule has 0 aliphatic heterocycles. The predicted molar refractivity (Wildman–Crippen MR) is 102 cm³/mol. The van der Waals surface area contributed by atoms with E-state index in [1.165, 1.54) is 24.3 Å². The van der Waals surface area contributed by atoms with Gasteiger partial charge in [-0.25, -0.2) is 4.39 Å². The number of ether oxygens (including phenoxy) is 1. The number of nitrogens with zero attached hydrogens (tertiary/aromatic N) is 2. The Morgan fingerprint density at radius 2 is 1.86 bits per heavy atom. The van der Waals surface area contributed by atoms with Crippen molar-refractivity contribution < 1.29 is 18.6 Å². The third kappa shape index (κ3) is 3.18. The highest BCUT2D eigenvalue weighted by atomic mass is 19.1. The first-order valence-electron chi connectivity index (χ1n) is 8.51. The van der Waals surface area contributed by atoms with Crippen LogP contribution in [0.3, 0.4) is 0 Å². The zero-order valence-corrected chi connectivity index (χ0v) is 15.1. The SMILES string of the molecule is Cc1ccc(F)c(Oc2ccc([N+](=O)[O-])cc2-c2ccc3onc(C)c3c2)c1. The van der Waals surface area contributed by atoms with E-state index >= 15 is 0 Å². The molecule has 0 saturated carbocycles. The van der Waals surface area contributed by atoms with E-state index in [1.807, 2.05) is 19.9 Å². The molecule has 1 heterocycles. The molecule has 0 fully saturated rings. The fourth-order valence-corrected chi connectivity index (χ4v) is 2.98. The summed E-state index contributed by atoms with van der Waals surface area (Å²) in [5.74, 6) is -0.152. The Labute approximate surface area is 159 Å². The molecule has 0 saturated heterocycles. The average Bonchev–Trinajstić information content (AvgIpc) is 3.05. The summed E-state index contributed by atoms with van der Waals surface area (Å²) in [5.41, 5.74) is 3.20. The van der Waals surface area contributed by atoms with Crippen molar-refractivity contribution in [3.05, 3.63) is 81.8 Å². The minimum absolute atomic E-state index is 0.0531. The van der Waals surface area contributed by atoms with Crippen LogP contribution in [0.2, 0.25) is 0 Å². The van der Waals surface area contributed by atoms with E-state index < -0.39 is 10.7 Å². The van der Waals surface area contributed by atoms with Gasteiger partial charge in [0.1, 0.15) is 5.75 Å². The predicted octanol–water partition coefficient (Wildman–Crippen LogP) is 5.95. The van der Waals surface area contributed by atoms with Crippen LogP contribution in [0.5, 0.6) is 11.5 Å². The lowest BCUT2D eigenvalue weighted by molar-refractivity contribution is -0.384. The first-order chi connectivity index (χ1) is 13.4. The fourth-order valence-electron chi connectivity index (χ4n) is 2.98. The number of hydrogen-bond donors (Lipinski definition) is 0. The van der Waals surface area contributed by atoms with Gasteiger partial charge in [0.15, 0.2) is 17.1 Å². The molecule has 28 heavy (non-hydrogen) atoms. The molecule has 4 rings (SSSR count). The molecule has 1 aromatic heterocycles. The van der Waals surface area contributed by atoms with Crippen molar-refractivity contribution in [2.75, 3.05) is 0 Å². The zero-order valence-electron chi connectivity index (χ0n) is 15.1. The molecule has 0 aliphatic carbocycles. The molecule has 7 heteroatoms. The number of benzene rings is 3. The smallest absolute Gasteiger partial charge is 0.270 e. The Balaban J connectivity index is 1.87. The Hall–Kier alpha value is -3.74. The van der Waals surface area contributed by atoms with Crippen LogP contribution in [0.15, 0.2) is 59.1 Å². The Kier molecular flexibility index (Phi) is 4.27. The van der Waals surface area contributed by atoms with Crippen molar-refractivity contribution in [3.63, 3.8) is 0 Å². The van der Waals surface area contributed by atoms with Crippen molar-refractivity contribution in [2.45, 2.75) is 13.8 Å². The van der Waals surface area contributed by atoms with Crippen LogP contribution in [0.1, 0.15) is 11.3 Å². The standard InChI is InChI=1S/C21H15FN2O4/c1-12-3-6-18(22)21(9-12)27-19-8-5-15(24(25)26)11-17(19)14-4-7-20-16(10-14)13(2)23-28-20/h3-11H,1-2H3. The van der Waals surface area contributed by atoms with Gasteiger partial charge in [0.25, 0.3) is 5.69 Å². The van der Waals surface area contributed by atoms with Crippen LogP contribution in [0, 0.1) is 29.8 Å². The van der Waals surface area contributed by atoms with Crippen molar-refractivity contribution in [1.29, 1.82) is 0 Å². The second kappa shape index (κ2) is 6.77. The number of aromatic nitrogens is 1. The molecule has 0 unspecified atom stereocenters. The molecule has 4 aromatic rings. The van der Waals surface area contributed by atoms with E-state index in [-0.39, 0.29) is 11.4 Å². The average molecular weight is 378 g/mol. The maximum atomic E-state index is 14.2. The number of halogens is 1. The summed E-state index contributed by atoms with van der Waals surface area (Å²) < 4.78 is 25.2. The summed E-state index contributed by atoms with van der Waals surface area (Å²) >= 11 is 0. The summed E-state index contributed by atoms with van der Waals surface area (Å²) in [7, 11) is 0. The van der Waals surface area contributed by atoms with Crippen LogP contribution in [0.4, 0.5) is 10.1 Å². The van der Waals surface area contributed by atoms with Gasteiger partial charge in [0, 0.05) is 23.1 Å². The van der Waals surface area contributed by atoms with Gasteiger partial charge < -0.3 is 9.26 Å². The maximum absolute atomic E-state index is 14.2. The van der Waals surface area contributed by atoms with E-state index in [1.54, 1.807) is 24.3 Å². The van der Waals surface area contributed by atoms with Crippen LogP contribution in [0.25, 0.3) is 22.1 Å². The molecule has 0 amide bonds. The van der Waals surface area contributed by atoms with E-state index in [0.717, 1.165) is 10.9 Å². The first kappa shape index (κ1) is 17.7. The lowest BCUT2D eigenvalue weighted by Crippen LogP contribution is -1.94. The summed E-state index contributed by atoms with van der Waals surface area (Å²) in [6, 6.07) is 14.1. The largest absolute Gasteiger partial charge is 0.454 e. The van der Waals surface area contributed by atoms with Crippen LogP contribution >= 0.6 is 0 Å². The van der Waals surface area contributed by atoms with Crippen molar-refractivity contribution in [2.24, 2.45) is 0 Å². The second-order valence-electron chi connectivity index (χ2n) is 6.45. The minimum atomic E-state index is -0.514. The molecular formula is C21H15FN2O4. The van der Waals surface area contributed by atoms with Crippen molar-refractivity contribution in [3.8, 4) is 22.6 Å². The van der Waals surface area contributed by atoms with Gasteiger partial charge in [-0.3, -0.25) is 10.1 Å². The molecule has 6 nitrogen and oxygen atoms in total. The zero-order chi connectivity index (χ0) is 19.8. The molecular weight excluding hydrogens is 363 g/mol. The summed E-state index contributed by atoms with van der Waals surface area (Å²) in [6.07, 6.45) is 0. The summed E-state index contributed by atoms with van der Waals surface area (Å²) in [6.45, 7) is 3.63. The van der Waals surface area contributed by atoms with Gasteiger partial charge in [-0.1, -0.05) is 17.3 Å². The number of fused-ring (bicyclic) bond motifs is 1. The number of hydrogen-bond acceptors (Lipinski definition) is 5. The van der Waals surface area contributed by atoms with Crippen LogP contribution in [-0.4, -0.2) is 10.1 Å². The van der Waals surface area contributed by atoms with E-state index in [9.17, 15) is 14.5 Å². The first-order valence-corrected chi connectivity index (χ1v) is 8.51. The minimum Gasteiger partial charge on any atom is -0.454 e. The Morgan fingerprint density at radius 1 is 1.04 bits per heavy atom. The van der Waals surface area contributed by atoms with Crippen LogP contribution < -0.4 is 4.74 Å². The molecule has 0 aliphatic rings. The quantitative estimate of drug-likeness (QED) is 0.324. The van der Waals surface area contributed by atoms with Crippen LogP contribution in [-0.2, 0) is 0 Å². The van der Waals surface area contributed by atoms with Gasteiger partial charge >= 0.3 is 0 Å². The van der Waals surface area contributed by atoms with E-state index in [0.29, 0.717) is 28.2 Å². The normalized spacial score (nSPS) is 11.0. The maximum Gasteiger partial charge on any atom is 0.270 e. The van der Waals surface area contributed by atoms with Gasteiger partial charge in [-0.05, 0) is 55.3 Å². The highest BCUT2D eigenvalue weighted by Crippen LogP contribution is 2.38. The van der Waals surface area contributed by atoms with Crippen molar-refractivity contribution in [1.82, 2.24) is 5.16 Å². The van der Waals surface area contributed by atoms with Gasteiger partial charge in [-0.15, -0.1) is 0 Å². The topological polar surface area (TPSA) is 78.4 Å². The number of nitro benzene ring substituents is 1. The summed E-state index contributed by atoms with van der Waals surface area (Å²) in [4.78, 5) is 10.8. The highest BCUT2D eigenvalue weighted by Gasteiger charge is 2.17.